The molecule has 1 saturated heterocycles. The van der Waals surface area contributed by atoms with Crippen molar-refractivity contribution in [1.82, 2.24) is 15.5 Å². The van der Waals surface area contributed by atoms with Crippen LogP contribution < -0.4 is 10.6 Å². The lowest BCUT2D eigenvalue weighted by atomic mass is 10.0. The molecule has 2 atom stereocenters. The number of carbonyl (C=O) groups excluding carboxylic acids is 2. The van der Waals surface area contributed by atoms with Crippen LogP contribution in [0.3, 0.4) is 0 Å². The number of rotatable bonds is 8. The number of hydrogen-bond acceptors (Lipinski definition) is 5. The van der Waals surface area contributed by atoms with Crippen molar-refractivity contribution in [2.75, 3.05) is 32.8 Å². The highest BCUT2D eigenvalue weighted by molar-refractivity contribution is 5.79. The van der Waals surface area contributed by atoms with Gasteiger partial charge in [-0.1, -0.05) is 30.3 Å². The number of amides is 2. The molecule has 0 radical (unpaired) electrons. The summed E-state index contributed by atoms with van der Waals surface area (Å²) in [5, 5.41) is 5.90. The van der Waals surface area contributed by atoms with Crippen molar-refractivity contribution in [3.8, 4) is 0 Å². The van der Waals surface area contributed by atoms with E-state index in [-0.39, 0.29) is 30.3 Å². The third kappa shape index (κ3) is 6.17. The van der Waals surface area contributed by atoms with Gasteiger partial charge in [-0.25, -0.2) is 0 Å². The normalized spacial score (nSPS) is 16.8. The van der Waals surface area contributed by atoms with Gasteiger partial charge in [-0.15, -0.1) is 0 Å². The second-order valence-electron chi connectivity index (χ2n) is 7.28. The fourth-order valence-electron chi connectivity index (χ4n) is 3.58. The van der Waals surface area contributed by atoms with Crippen molar-refractivity contribution in [2.24, 2.45) is 0 Å². The van der Waals surface area contributed by atoms with Gasteiger partial charge in [0, 0.05) is 26.6 Å². The Kier molecular flexibility index (Phi) is 7.43. The van der Waals surface area contributed by atoms with E-state index in [2.05, 4.69) is 15.5 Å². The van der Waals surface area contributed by atoms with E-state index >= 15 is 0 Å². The van der Waals surface area contributed by atoms with Crippen molar-refractivity contribution >= 4 is 11.8 Å². The summed E-state index contributed by atoms with van der Waals surface area (Å²) in [7, 11) is 0. The SMILES string of the molecule is CC(=O)NC(CC(=O)NCC(c1ccc(C)o1)N1CCOCC1)c1ccccc1. The first-order chi connectivity index (χ1) is 14.0. The Morgan fingerprint density at radius 2 is 1.83 bits per heavy atom. The molecule has 156 valence electrons. The Morgan fingerprint density at radius 3 is 2.45 bits per heavy atom. The standard InChI is InChI=1S/C22H29N3O4/c1-16-8-9-21(29-16)20(25-10-12-28-13-11-25)15-23-22(27)14-19(24-17(2)26)18-6-4-3-5-7-18/h3-9,19-20H,10-15H2,1-2H3,(H,23,27)(H,24,26). The lowest BCUT2D eigenvalue weighted by molar-refractivity contribution is -0.123. The monoisotopic (exact) mass is 399 g/mol. The minimum absolute atomic E-state index is 0.0486. The van der Waals surface area contributed by atoms with E-state index in [0.717, 1.165) is 30.2 Å². The summed E-state index contributed by atoms with van der Waals surface area (Å²) >= 11 is 0. The number of hydrogen-bond donors (Lipinski definition) is 2. The van der Waals surface area contributed by atoms with Crippen molar-refractivity contribution in [3.63, 3.8) is 0 Å². The van der Waals surface area contributed by atoms with E-state index in [1.54, 1.807) is 0 Å². The molecule has 2 heterocycles. The fraction of sp³-hybridized carbons (Fsp3) is 0.455. The van der Waals surface area contributed by atoms with Crippen LogP contribution in [0, 0.1) is 6.92 Å². The van der Waals surface area contributed by atoms with Gasteiger partial charge >= 0.3 is 0 Å². The van der Waals surface area contributed by atoms with E-state index in [1.807, 2.05) is 49.4 Å². The lowest BCUT2D eigenvalue weighted by Gasteiger charge is -2.33. The molecule has 0 bridgehead atoms. The minimum Gasteiger partial charge on any atom is -0.465 e. The van der Waals surface area contributed by atoms with Crippen LogP contribution in [0.2, 0.25) is 0 Å². The van der Waals surface area contributed by atoms with Gasteiger partial charge in [-0.3, -0.25) is 14.5 Å². The van der Waals surface area contributed by atoms with Crippen LogP contribution in [-0.2, 0) is 14.3 Å². The van der Waals surface area contributed by atoms with E-state index in [0.29, 0.717) is 19.8 Å². The van der Waals surface area contributed by atoms with Crippen LogP contribution in [0.5, 0.6) is 0 Å². The number of nitrogens with one attached hydrogen (secondary N) is 2. The van der Waals surface area contributed by atoms with Gasteiger partial charge in [0.1, 0.15) is 11.5 Å². The summed E-state index contributed by atoms with van der Waals surface area (Å²) in [5.41, 5.74) is 0.907. The van der Waals surface area contributed by atoms with Gasteiger partial charge in [0.15, 0.2) is 0 Å². The van der Waals surface area contributed by atoms with Gasteiger partial charge in [0.2, 0.25) is 11.8 Å². The number of nitrogens with zero attached hydrogens (tertiary/aromatic N) is 1. The van der Waals surface area contributed by atoms with Crippen LogP contribution in [0.4, 0.5) is 0 Å². The highest BCUT2D eigenvalue weighted by atomic mass is 16.5. The predicted molar refractivity (Wildman–Crippen MR) is 109 cm³/mol. The van der Waals surface area contributed by atoms with Gasteiger partial charge in [0.25, 0.3) is 0 Å². The number of morpholine rings is 1. The highest BCUT2D eigenvalue weighted by Gasteiger charge is 2.26. The Labute approximate surface area is 171 Å². The second kappa shape index (κ2) is 10.2. The van der Waals surface area contributed by atoms with Crippen LogP contribution in [-0.4, -0.2) is 49.6 Å². The molecule has 29 heavy (non-hydrogen) atoms. The molecule has 2 N–H and O–H groups in total. The zero-order chi connectivity index (χ0) is 20.6. The molecule has 0 saturated carbocycles. The Morgan fingerprint density at radius 1 is 1.10 bits per heavy atom. The van der Waals surface area contributed by atoms with Crippen LogP contribution >= 0.6 is 0 Å². The first-order valence-electron chi connectivity index (χ1n) is 10.00. The summed E-state index contributed by atoms with van der Waals surface area (Å²) in [5.74, 6) is 1.41. The average Bonchev–Trinajstić information content (AvgIpc) is 3.15. The van der Waals surface area contributed by atoms with Gasteiger partial charge in [0.05, 0.1) is 31.7 Å². The molecule has 7 heteroatoms. The Bertz CT molecular complexity index is 799. The molecule has 1 aromatic heterocycles. The Hall–Kier alpha value is -2.64. The fourth-order valence-corrected chi connectivity index (χ4v) is 3.58. The first-order valence-corrected chi connectivity index (χ1v) is 10.00. The quantitative estimate of drug-likeness (QED) is 0.712. The van der Waals surface area contributed by atoms with E-state index in [9.17, 15) is 9.59 Å². The number of furan rings is 1. The molecular formula is C22H29N3O4. The second-order valence-corrected chi connectivity index (χ2v) is 7.28. The topological polar surface area (TPSA) is 83.8 Å². The molecule has 1 aromatic carbocycles. The number of benzene rings is 1. The molecule has 1 aliphatic heterocycles. The third-order valence-corrected chi connectivity index (χ3v) is 5.04. The average molecular weight is 399 g/mol. The molecule has 7 nitrogen and oxygen atoms in total. The molecule has 2 amide bonds. The highest BCUT2D eigenvalue weighted by Crippen LogP contribution is 2.24. The van der Waals surface area contributed by atoms with Gasteiger partial charge in [-0.05, 0) is 24.6 Å². The summed E-state index contributed by atoms with van der Waals surface area (Å²) in [6, 6.07) is 13.0. The molecular weight excluding hydrogens is 370 g/mol. The molecule has 1 aliphatic rings. The smallest absolute Gasteiger partial charge is 0.222 e. The number of ether oxygens (including phenoxy) is 1. The molecule has 0 spiro atoms. The van der Waals surface area contributed by atoms with Crippen LogP contribution in [0.25, 0.3) is 0 Å². The zero-order valence-electron chi connectivity index (χ0n) is 17.0. The molecule has 3 rings (SSSR count). The Balaban J connectivity index is 1.64. The molecule has 0 aliphatic carbocycles. The maximum Gasteiger partial charge on any atom is 0.222 e. The van der Waals surface area contributed by atoms with E-state index in [4.69, 9.17) is 9.15 Å². The summed E-state index contributed by atoms with van der Waals surface area (Å²) in [6.45, 7) is 6.73. The van der Waals surface area contributed by atoms with Crippen LogP contribution in [0.1, 0.15) is 42.5 Å². The summed E-state index contributed by atoms with van der Waals surface area (Å²) in [4.78, 5) is 26.6. The third-order valence-electron chi connectivity index (χ3n) is 5.04. The number of carbonyl (C=O) groups is 2. The van der Waals surface area contributed by atoms with E-state index in [1.165, 1.54) is 6.92 Å². The summed E-state index contributed by atoms with van der Waals surface area (Å²) in [6.07, 6.45) is 0.177. The largest absolute Gasteiger partial charge is 0.465 e. The minimum atomic E-state index is -0.360. The van der Waals surface area contributed by atoms with Gasteiger partial charge < -0.3 is 19.8 Å². The van der Waals surface area contributed by atoms with Crippen molar-refractivity contribution in [3.05, 3.63) is 59.5 Å². The van der Waals surface area contributed by atoms with E-state index < -0.39 is 0 Å². The molecule has 1 fully saturated rings. The predicted octanol–water partition coefficient (Wildman–Crippen LogP) is 2.35. The summed E-state index contributed by atoms with van der Waals surface area (Å²) < 4.78 is 11.3. The van der Waals surface area contributed by atoms with Crippen molar-refractivity contribution < 1.29 is 18.7 Å². The van der Waals surface area contributed by atoms with Crippen LogP contribution in [0.15, 0.2) is 46.9 Å². The van der Waals surface area contributed by atoms with Gasteiger partial charge in [-0.2, -0.15) is 0 Å². The maximum absolute atomic E-state index is 12.7. The van der Waals surface area contributed by atoms with Crippen molar-refractivity contribution in [2.45, 2.75) is 32.4 Å². The number of aryl methyl sites for hydroxylation is 1. The molecule has 2 aromatic rings. The molecule has 2 unspecified atom stereocenters. The lowest BCUT2D eigenvalue weighted by Crippen LogP contribution is -2.44. The maximum atomic E-state index is 12.7. The van der Waals surface area contributed by atoms with Crippen molar-refractivity contribution in [1.29, 1.82) is 0 Å². The zero-order valence-corrected chi connectivity index (χ0v) is 17.0. The first kappa shape index (κ1) is 21.1.